The second kappa shape index (κ2) is 9.45. The number of halogens is 2. The van der Waals surface area contributed by atoms with Gasteiger partial charge < -0.3 is 9.88 Å². The Morgan fingerprint density at radius 3 is 2.63 bits per heavy atom. The molecule has 0 aliphatic carbocycles. The van der Waals surface area contributed by atoms with Gasteiger partial charge >= 0.3 is 0 Å². The molecule has 4 nitrogen and oxygen atoms in total. The molecule has 0 radical (unpaired) electrons. The first-order valence-corrected chi connectivity index (χ1v) is 11.0. The van der Waals surface area contributed by atoms with Gasteiger partial charge in [-0.25, -0.2) is 4.98 Å². The van der Waals surface area contributed by atoms with Gasteiger partial charge in [-0.05, 0) is 54.4 Å². The molecule has 1 amide bonds. The Morgan fingerprint density at radius 1 is 1.03 bits per heavy atom. The molecule has 0 fully saturated rings. The number of carbonyl (C=O) groups excluding carboxylic acids is 1. The summed E-state index contributed by atoms with van der Waals surface area (Å²) >= 11 is 9.43. The lowest BCUT2D eigenvalue weighted by Gasteiger charge is -2.10. The number of fused-ring (bicyclic) bond motifs is 1. The van der Waals surface area contributed by atoms with E-state index >= 15 is 0 Å². The number of carbonyl (C=O) groups is 1. The van der Waals surface area contributed by atoms with E-state index in [1.54, 1.807) is 0 Å². The summed E-state index contributed by atoms with van der Waals surface area (Å²) in [5.41, 5.74) is 3.92. The molecule has 0 saturated heterocycles. The molecule has 1 aromatic heterocycles. The average molecular weight is 483 g/mol. The van der Waals surface area contributed by atoms with Gasteiger partial charge in [0.1, 0.15) is 5.82 Å². The van der Waals surface area contributed by atoms with Crippen molar-refractivity contribution in [1.29, 1.82) is 0 Å². The minimum absolute atomic E-state index is 0.0639. The quantitative estimate of drug-likeness (QED) is 0.335. The van der Waals surface area contributed by atoms with E-state index in [2.05, 4.69) is 31.9 Å². The van der Waals surface area contributed by atoms with Crippen molar-refractivity contribution in [2.24, 2.45) is 0 Å². The van der Waals surface area contributed by atoms with Crippen LogP contribution in [0.1, 0.15) is 28.2 Å². The Morgan fingerprint density at radius 2 is 1.83 bits per heavy atom. The van der Waals surface area contributed by atoms with Crippen molar-refractivity contribution in [2.45, 2.75) is 19.4 Å². The minimum atomic E-state index is -0.0639. The van der Waals surface area contributed by atoms with Gasteiger partial charge in [0, 0.05) is 34.6 Å². The molecule has 4 aromatic rings. The summed E-state index contributed by atoms with van der Waals surface area (Å²) in [6, 6.07) is 23.5. The summed E-state index contributed by atoms with van der Waals surface area (Å²) in [5.74, 6) is 0.953. The van der Waals surface area contributed by atoms with E-state index in [0.717, 1.165) is 45.7 Å². The van der Waals surface area contributed by atoms with Crippen LogP contribution in [0.4, 0.5) is 0 Å². The SMILES string of the molecule is O=C(NCCCc1nc2ccccc2n1Cc1ccc(Cl)cc1)c1cccc(Br)c1. The molecule has 152 valence electrons. The smallest absolute Gasteiger partial charge is 0.251 e. The molecule has 4 rings (SSSR count). The summed E-state index contributed by atoms with van der Waals surface area (Å²) in [6.45, 7) is 1.33. The maximum Gasteiger partial charge on any atom is 0.251 e. The summed E-state index contributed by atoms with van der Waals surface area (Å²) in [6.07, 6.45) is 1.59. The standard InChI is InChI=1S/C24H21BrClN3O/c25-19-6-3-5-18(15-19)24(30)27-14-4-9-23-28-21-7-1-2-8-22(21)29(23)16-17-10-12-20(26)13-11-17/h1-3,5-8,10-13,15H,4,9,14,16H2,(H,27,30). The molecule has 30 heavy (non-hydrogen) atoms. The van der Waals surface area contributed by atoms with Crippen molar-refractivity contribution < 1.29 is 4.79 Å². The van der Waals surface area contributed by atoms with Crippen LogP contribution < -0.4 is 5.32 Å². The molecular formula is C24H21BrClN3O. The third kappa shape index (κ3) is 4.91. The van der Waals surface area contributed by atoms with Gasteiger partial charge in [0.15, 0.2) is 0 Å². The summed E-state index contributed by atoms with van der Waals surface area (Å²) in [4.78, 5) is 17.2. The lowest BCUT2D eigenvalue weighted by molar-refractivity contribution is 0.0953. The molecule has 0 saturated carbocycles. The zero-order valence-electron chi connectivity index (χ0n) is 16.3. The van der Waals surface area contributed by atoms with Crippen molar-refractivity contribution in [3.8, 4) is 0 Å². The van der Waals surface area contributed by atoms with Gasteiger partial charge in [-0.15, -0.1) is 0 Å². The van der Waals surface area contributed by atoms with Crippen LogP contribution in [0.15, 0.2) is 77.3 Å². The number of imidazole rings is 1. The molecule has 0 aliphatic heterocycles. The number of benzene rings is 3. The zero-order chi connectivity index (χ0) is 20.9. The number of nitrogens with zero attached hydrogens (tertiary/aromatic N) is 2. The Labute approximate surface area is 189 Å². The first-order chi connectivity index (χ1) is 14.6. The number of rotatable bonds is 7. The Balaban J connectivity index is 1.44. The topological polar surface area (TPSA) is 46.9 Å². The van der Waals surface area contributed by atoms with E-state index in [4.69, 9.17) is 16.6 Å². The van der Waals surface area contributed by atoms with Crippen molar-refractivity contribution in [2.75, 3.05) is 6.54 Å². The largest absolute Gasteiger partial charge is 0.352 e. The van der Waals surface area contributed by atoms with Crippen molar-refractivity contribution in [3.63, 3.8) is 0 Å². The fraction of sp³-hybridized carbons (Fsp3) is 0.167. The Bertz CT molecular complexity index is 1170. The normalized spacial score (nSPS) is 11.0. The average Bonchev–Trinajstić information content (AvgIpc) is 3.10. The minimum Gasteiger partial charge on any atom is -0.352 e. The zero-order valence-corrected chi connectivity index (χ0v) is 18.7. The molecule has 1 heterocycles. The van der Waals surface area contributed by atoms with Gasteiger partial charge in [-0.3, -0.25) is 4.79 Å². The van der Waals surface area contributed by atoms with E-state index in [-0.39, 0.29) is 5.91 Å². The lowest BCUT2D eigenvalue weighted by Crippen LogP contribution is -2.25. The number of aromatic nitrogens is 2. The molecule has 0 spiro atoms. The van der Waals surface area contributed by atoms with Crippen LogP contribution in [0.5, 0.6) is 0 Å². The van der Waals surface area contributed by atoms with E-state index in [9.17, 15) is 4.79 Å². The maximum atomic E-state index is 12.3. The highest BCUT2D eigenvalue weighted by Gasteiger charge is 2.11. The van der Waals surface area contributed by atoms with Crippen LogP contribution in [-0.2, 0) is 13.0 Å². The first kappa shape index (κ1) is 20.6. The van der Waals surface area contributed by atoms with Crippen molar-refractivity contribution in [3.05, 3.63) is 99.2 Å². The predicted octanol–water partition coefficient (Wildman–Crippen LogP) is 5.86. The number of para-hydroxylation sites is 2. The number of hydrogen-bond donors (Lipinski definition) is 1. The van der Waals surface area contributed by atoms with Crippen LogP contribution in [0.3, 0.4) is 0 Å². The molecule has 3 aromatic carbocycles. The molecule has 0 atom stereocenters. The number of aryl methyl sites for hydroxylation is 1. The molecule has 0 bridgehead atoms. The highest BCUT2D eigenvalue weighted by atomic mass is 79.9. The van der Waals surface area contributed by atoms with Crippen LogP contribution in [0.2, 0.25) is 5.02 Å². The molecule has 0 aliphatic rings. The molecule has 6 heteroatoms. The Hall–Kier alpha value is -2.63. The summed E-state index contributed by atoms with van der Waals surface area (Å²) < 4.78 is 3.14. The predicted molar refractivity (Wildman–Crippen MR) is 125 cm³/mol. The van der Waals surface area contributed by atoms with Crippen LogP contribution >= 0.6 is 27.5 Å². The number of amides is 1. The fourth-order valence-electron chi connectivity index (χ4n) is 3.45. The van der Waals surface area contributed by atoms with Crippen LogP contribution in [0.25, 0.3) is 11.0 Å². The summed E-state index contributed by atoms with van der Waals surface area (Å²) in [5, 5.41) is 3.73. The van der Waals surface area contributed by atoms with E-state index in [0.29, 0.717) is 12.1 Å². The van der Waals surface area contributed by atoms with Crippen LogP contribution in [0, 0.1) is 0 Å². The van der Waals surface area contributed by atoms with Gasteiger partial charge in [0.2, 0.25) is 0 Å². The number of nitrogens with one attached hydrogen (secondary N) is 1. The highest BCUT2D eigenvalue weighted by Crippen LogP contribution is 2.20. The maximum absolute atomic E-state index is 12.3. The third-order valence-corrected chi connectivity index (χ3v) is 5.68. The second-order valence-electron chi connectivity index (χ2n) is 7.10. The van der Waals surface area contributed by atoms with Gasteiger partial charge in [-0.2, -0.15) is 0 Å². The summed E-state index contributed by atoms with van der Waals surface area (Å²) in [7, 11) is 0. The first-order valence-electron chi connectivity index (χ1n) is 9.82. The molecule has 1 N–H and O–H groups in total. The lowest BCUT2D eigenvalue weighted by atomic mass is 10.2. The number of hydrogen-bond acceptors (Lipinski definition) is 2. The highest BCUT2D eigenvalue weighted by molar-refractivity contribution is 9.10. The van der Waals surface area contributed by atoms with E-state index in [1.165, 1.54) is 5.56 Å². The van der Waals surface area contributed by atoms with E-state index < -0.39 is 0 Å². The molecule has 0 unspecified atom stereocenters. The monoisotopic (exact) mass is 481 g/mol. The fourth-order valence-corrected chi connectivity index (χ4v) is 3.97. The van der Waals surface area contributed by atoms with Gasteiger partial charge in [-0.1, -0.05) is 57.9 Å². The van der Waals surface area contributed by atoms with Gasteiger partial charge in [0.25, 0.3) is 5.91 Å². The van der Waals surface area contributed by atoms with Crippen LogP contribution in [-0.4, -0.2) is 22.0 Å². The van der Waals surface area contributed by atoms with Gasteiger partial charge in [0.05, 0.1) is 11.0 Å². The molecular weight excluding hydrogens is 462 g/mol. The van der Waals surface area contributed by atoms with Crippen molar-refractivity contribution in [1.82, 2.24) is 14.9 Å². The second-order valence-corrected chi connectivity index (χ2v) is 8.45. The third-order valence-electron chi connectivity index (χ3n) is 4.94. The van der Waals surface area contributed by atoms with E-state index in [1.807, 2.05) is 66.7 Å². The Kier molecular flexibility index (Phi) is 6.50. The van der Waals surface area contributed by atoms with Crippen molar-refractivity contribution >= 4 is 44.5 Å².